The zero-order valence-corrected chi connectivity index (χ0v) is 25.8. The summed E-state index contributed by atoms with van der Waals surface area (Å²) in [5.74, 6) is 1.00. The van der Waals surface area contributed by atoms with Crippen molar-refractivity contribution in [2.24, 2.45) is 10.4 Å². The lowest BCUT2D eigenvalue weighted by molar-refractivity contribution is 0.126. The largest absolute Gasteiger partial charge is 0.463 e. The summed E-state index contributed by atoms with van der Waals surface area (Å²) in [5, 5.41) is 0. The Bertz CT molecular complexity index is 976. The molecule has 0 saturated carbocycles. The van der Waals surface area contributed by atoms with Gasteiger partial charge in [0.05, 0.1) is 23.6 Å². The highest BCUT2D eigenvalue weighted by molar-refractivity contribution is 9.12. The number of hydrogen-bond donors (Lipinski definition) is 0. The Balaban J connectivity index is 2.01. The van der Waals surface area contributed by atoms with E-state index >= 15 is 0 Å². The lowest BCUT2D eigenvalue weighted by atomic mass is 9.81. The average molecular weight is 574 g/mol. The van der Waals surface area contributed by atoms with Crippen LogP contribution in [0.1, 0.15) is 123 Å². The third kappa shape index (κ3) is 8.15. The van der Waals surface area contributed by atoms with E-state index in [1.807, 2.05) is 0 Å². The van der Waals surface area contributed by atoms with Crippen LogP contribution >= 0.6 is 15.9 Å². The van der Waals surface area contributed by atoms with Crippen LogP contribution in [0.2, 0.25) is 0 Å². The van der Waals surface area contributed by atoms with Crippen molar-refractivity contribution < 1.29 is 4.74 Å². The first kappa shape index (κ1) is 29.9. The molecule has 5 nitrogen and oxygen atoms in total. The molecule has 0 radical (unpaired) electrons. The fraction of sp³-hybridized carbons (Fsp3) is 0.710. The monoisotopic (exact) mass is 572 g/mol. The van der Waals surface area contributed by atoms with Gasteiger partial charge in [-0.1, -0.05) is 71.8 Å². The molecule has 0 N–H and O–H groups in total. The molecule has 0 amide bonds. The third-order valence-corrected chi connectivity index (χ3v) is 8.17. The van der Waals surface area contributed by atoms with Crippen molar-refractivity contribution in [1.29, 1.82) is 0 Å². The fourth-order valence-corrected chi connectivity index (χ4v) is 5.94. The van der Waals surface area contributed by atoms with E-state index in [1.165, 1.54) is 70.6 Å². The van der Waals surface area contributed by atoms with E-state index in [0.717, 1.165) is 45.9 Å². The summed E-state index contributed by atoms with van der Waals surface area (Å²) in [5.41, 5.74) is 4.26. The molecule has 0 spiro atoms. The molecule has 1 saturated heterocycles. The van der Waals surface area contributed by atoms with Crippen LogP contribution in [0.15, 0.2) is 15.6 Å². The SMILES string of the molecule is C/C=C1\C(=NC(C)C)C(Br)=Cc2nc(OCC(C)(CCCC)CCCCC)nc(N3CCCCCC3)c21. The van der Waals surface area contributed by atoms with Gasteiger partial charge in [-0.15, -0.1) is 0 Å². The molecule has 1 aliphatic heterocycles. The van der Waals surface area contributed by atoms with Gasteiger partial charge in [0.15, 0.2) is 0 Å². The molecule has 1 atom stereocenters. The summed E-state index contributed by atoms with van der Waals surface area (Å²) in [6.45, 7) is 16.0. The first-order chi connectivity index (χ1) is 17.8. The molecule has 206 valence electrons. The number of allylic oxidation sites excluding steroid dienone is 3. The maximum absolute atomic E-state index is 6.48. The van der Waals surface area contributed by atoms with Crippen LogP contribution < -0.4 is 9.64 Å². The van der Waals surface area contributed by atoms with E-state index < -0.39 is 0 Å². The van der Waals surface area contributed by atoms with E-state index in [4.69, 9.17) is 19.7 Å². The molecule has 0 bridgehead atoms. The summed E-state index contributed by atoms with van der Waals surface area (Å²) in [4.78, 5) is 17.5. The van der Waals surface area contributed by atoms with Crippen molar-refractivity contribution in [3.63, 3.8) is 0 Å². The van der Waals surface area contributed by atoms with Crippen molar-refractivity contribution in [3.8, 4) is 6.01 Å². The highest BCUT2D eigenvalue weighted by atomic mass is 79.9. The number of fused-ring (bicyclic) bond motifs is 1. The number of aromatic nitrogens is 2. The second-order valence-corrected chi connectivity index (χ2v) is 12.3. The smallest absolute Gasteiger partial charge is 0.318 e. The van der Waals surface area contributed by atoms with Gasteiger partial charge in [0.25, 0.3) is 0 Å². The minimum atomic E-state index is 0.148. The molecule has 1 aromatic heterocycles. The lowest BCUT2D eigenvalue weighted by Crippen LogP contribution is -2.29. The molecular weight excluding hydrogens is 524 g/mol. The Morgan fingerprint density at radius 3 is 2.35 bits per heavy atom. The Labute approximate surface area is 234 Å². The van der Waals surface area contributed by atoms with E-state index in [9.17, 15) is 0 Å². The highest BCUT2D eigenvalue weighted by Gasteiger charge is 2.30. The van der Waals surface area contributed by atoms with Gasteiger partial charge >= 0.3 is 6.01 Å². The second-order valence-electron chi connectivity index (χ2n) is 11.4. The average Bonchev–Trinajstić information content (AvgIpc) is 3.16. The molecule has 1 unspecified atom stereocenters. The Morgan fingerprint density at radius 1 is 1.05 bits per heavy atom. The van der Waals surface area contributed by atoms with E-state index in [1.54, 1.807) is 0 Å². The molecule has 2 heterocycles. The maximum atomic E-state index is 6.48. The van der Waals surface area contributed by atoms with Crippen LogP contribution in [-0.4, -0.2) is 41.4 Å². The van der Waals surface area contributed by atoms with Gasteiger partial charge in [-0.05, 0) is 68.5 Å². The predicted molar refractivity (Wildman–Crippen MR) is 163 cm³/mol. The number of rotatable bonds is 12. The summed E-state index contributed by atoms with van der Waals surface area (Å²) in [6, 6.07) is 0.707. The second kappa shape index (κ2) is 14.5. The zero-order valence-electron chi connectivity index (χ0n) is 24.2. The van der Waals surface area contributed by atoms with Crippen molar-refractivity contribution in [2.75, 3.05) is 24.6 Å². The fourth-order valence-electron chi connectivity index (χ4n) is 5.40. The van der Waals surface area contributed by atoms with Crippen molar-refractivity contribution in [3.05, 3.63) is 21.8 Å². The summed E-state index contributed by atoms with van der Waals surface area (Å²) >= 11 is 3.80. The minimum Gasteiger partial charge on any atom is -0.463 e. The van der Waals surface area contributed by atoms with E-state index in [0.29, 0.717) is 12.6 Å². The number of halogens is 1. The number of hydrogen-bond acceptors (Lipinski definition) is 5. The Kier molecular flexibility index (Phi) is 11.7. The zero-order chi connectivity index (χ0) is 26.8. The number of aliphatic imine (C=N–C) groups is 1. The van der Waals surface area contributed by atoms with Crippen molar-refractivity contribution >= 4 is 39.1 Å². The number of anilines is 1. The Morgan fingerprint density at radius 2 is 1.73 bits per heavy atom. The molecule has 1 fully saturated rings. The van der Waals surface area contributed by atoms with Crippen LogP contribution in [0, 0.1) is 5.41 Å². The molecule has 1 aliphatic carbocycles. The number of nitrogens with zero attached hydrogens (tertiary/aromatic N) is 4. The normalized spacial score (nSPS) is 20.1. The molecule has 6 heteroatoms. The summed E-state index contributed by atoms with van der Waals surface area (Å²) < 4.78 is 7.45. The first-order valence-electron chi connectivity index (χ1n) is 14.7. The van der Waals surface area contributed by atoms with Gasteiger partial charge in [0.1, 0.15) is 5.82 Å². The number of ether oxygens (including phenoxy) is 1. The Hall–Kier alpha value is -1.69. The lowest BCUT2D eigenvalue weighted by Gasteiger charge is -2.31. The van der Waals surface area contributed by atoms with Gasteiger partial charge in [-0.25, -0.2) is 0 Å². The van der Waals surface area contributed by atoms with Crippen LogP contribution in [0.4, 0.5) is 5.82 Å². The van der Waals surface area contributed by atoms with Crippen molar-refractivity contribution in [1.82, 2.24) is 9.97 Å². The molecule has 1 aromatic rings. The van der Waals surface area contributed by atoms with E-state index in [-0.39, 0.29) is 11.5 Å². The minimum absolute atomic E-state index is 0.148. The third-order valence-electron chi connectivity index (χ3n) is 7.56. The molecule has 3 rings (SSSR count). The van der Waals surface area contributed by atoms with Crippen molar-refractivity contribution in [2.45, 2.75) is 118 Å². The van der Waals surface area contributed by atoms with Gasteiger partial charge in [0.2, 0.25) is 0 Å². The van der Waals surface area contributed by atoms with Gasteiger partial charge in [-0.2, -0.15) is 9.97 Å². The first-order valence-corrected chi connectivity index (χ1v) is 15.5. The summed E-state index contributed by atoms with van der Waals surface area (Å²) in [6.07, 6.45) is 17.8. The van der Waals surface area contributed by atoms with Crippen LogP contribution in [-0.2, 0) is 0 Å². The predicted octanol–water partition coefficient (Wildman–Crippen LogP) is 9.01. The standard InChI is InChI=1S/C31H49BrN4O/c1-7-10-14-18-31(6,17-11-8-2)22-37-30-34-26-21-25(32)28(33-23(4)5)24(9-3)27(26)29(35-30)36-19-15-12-13-16-20-36/h9,21,23H,7-8,10-20,22H2,1-6H3/b24-9-,33-28?. The topological polar surface area (TPSA) is 50.6 Å². The van der Waals surface area contributed by atoms with Crippen LogP contribution in [0.3, 0.4) is 0 Å². The molecular formula is C31H49BrN4O. The van der Waals surface area contributed by atoms with Gasteiger partial charge < -0.3 is 9.64 Å². The molecule has 2 aliphatic rings. The van der Waals surface area contributed by atoms with Gasteiger partial charge in [-0.3, -0.25) is 4.99 Å². The maximum Gasteiger partial charge on any atom is 0.318 e. The van der Waals surface area contributed by atoms with E-state index in [2.05, 4.69) is 74.5 Å². The van der Waals surface area contributed by atoms with Crippen LogP contribution in [0.5, 0.6) is 6.01 Å². The van der Waals surface area contributed by atoms with Gasteiger partial charge in [0, 0.05) is 34.6 Å². The quantitative estimate of drug-likeness (QED) is 0.234. The summed E-state index contributed by atoms with van der Waals surface area (Å²) in [7, 11) is 0. The number of unbranched alkanes of at least 4 members (excludes halogenated alkanes) is 3. The van der Waals surface area contributed by atoms with Crippen LogP contribution in [0.25, 0.3) is 11.6 Å². The highest BCUT2D eigenvalue weighted by Crippen LogP contribution is 2.40. The molecule has 0 aromatic carbocycles. The molecule has 37 heavy (non-hydrogen) atoms.